The molecule has 0 unspecified atom stereocenters. The Bertz CT molecular complexity index is 1420. The topological polar surface area (TPSA) is 98.3 Å². The van der Waals surface area contributed by atoms with Crippen molar-refractivity contribution in [3.63, 3.8) is 0 Å². The van der Waals surface area contributed by atoms with Gasteiger partial charge in [-0.2, -0.15) is 0 Å². The molecule has 1 aliphatic rings. The first-order valence-corrected chi connectivity index (χ1v) is 14.2. The number of carbonyl (C=O) groups excluding carboxylic acids is 1. The lowest BCUT2D eigenvalue weighted by Crippen LogP contribution is -2.49. The highest BCUT2D eigenvalue weighted by atomic mass is 16.5. The number of nitrogens with two attached hydrogens (primary N) is 1. The SMILES string of the molecule is CC(C)C[C@H](NC1CCC(n2cc(-c3ccc(Oc4ccccc4)cc3)c3c(N)ncnc32)CC1)C(=O)N(C)C. The molecule has 4 aromatic rings. The molecule has 0 spiro atoms. The number of carbonyl (C=O) groups is 1. The molecular weight excluding hydrogens is 500 g/mol. The van der Waals surface area contributed by atoms with Crippen LogP contribution in [-0.2, 0) is 4.79 Å². The second-order valence-electron chi connectivity index (χ2n) is 11.4. The fraction of sp³-hybridized carbons (Fsp3) is 0.406. The summed E-state index contributed by atoms with van der Waals surface area (Å²) in [6.45, 7) is 4.33. The van der Waals surface area contributed by atoms with Gasteiger partial charge < -0.3 is 25.3 Å². The van der Waals surface area contributed by atoms with E-state index in [1.54, 1.807) is 11.2 Å². The van der Waals surface area contributed by atoms with Gasteiger partial charge in [0.15, 0.2) is 0 Å². The molecule has 0 saturated heterocycles. The highest BCUT2D eigenvalue weighted by molar-refractivity contribution is 6.00. The molecule has 0 bridgehead atoms. The fourth-order valence-electron chi connectivity index (χ4n) is 5.76. The van der Waals surface area contributed by atoms with Crippen LogP contribution in [0.4, 0.5) is 5.82 Å². The van der Waals surface area contributed by atoms with Gasteiger partial charge in [-0.05, 0) is 67.9 Å². The van der Waals surface area contributed by atoms with Gasteiger partial charge in [-0.1, -0.05) is 44.2 Å². The maximum atomic E-state index is 12.8. The van der Waals surface area contributed by atoms with Crippen LogP contribution >= 0.6 is 0 Å². The standard InChI is InChI=1S/C32H40N6O2/c1-21(2)18-28(32(39)37(3)4)36-23-12-14-24(15-13-23)38-19-27(29-30(33)34-20-35-31(29)38)22-10-16-26(17-11-22)40-25-8-6-5-7-9-25/h5-11,16-17,19-21,23-24,28,36H,12-15,18H2,1-4H3,(H2,33,34,35)/t23?,24?,28-/m0/s1. The van der Waals surface area contributed by atoms with E-state index in [9.17, 15) is 4.79 Å². The van der Waals surface area contributed by atoms with Gasteiger partial charge in [0.05, 0.1) is 11.4 Å². The number of hydrogen-bond donors (Lipinski definition) is 2. The van der Waals surface area contributed by atoms with Gasteiger partial charge in [-0.3, -0.25) is 4.79 Å². The van der Waals surface area contributed by atoms with E-state index >= 15 is 0 Å². The van der Waals surface area contributed by atoms with Gasteiger partial charge in [-0.25, -0.2) is 9.97 Å². The predicted octanol–water partition coefficient (Wildman–Crippen LogP) is 6.05. The normalized spacial score (nSPS) is 18.1. The number of aromatic nitrogens is 3. The lowest BCUT2D eigenvalue weighted by atomic mass is 9.89. The van der Waals surface area contributed by atoms with E-state index in [2.05, 4.69) is 52.0 Å². The summed E-state index contributed by atoms with van der Waals surface area (Å²) in [5.41, 5.74) is 9.33. The van der Waals surface area contributed by atoms with E-state index in [4.69, 9.17) is 10.5 Å². The molecule has 40 heavy (non-hydrogen) atoms. The molecule has 1 saturated carbocycles. The van der Waals surface area contributed by atoms with Gasteiger partial charge in [0.25, 0.3) is 0 Å². The number of nitrogen functional groups attached to an aromatic ring is 1. The zero-order valence-electron chi connectivity index (χ0n) is 23.9. The number of benzene rings is 2. The number of amides is 1. The number of nitrogens with zero attached hydrogens (tertiary/aromatic N) is 4. The largest absolute Gasteiger partial charge is 0.457 e. The highest BCUT2D eigenvalue weighted by Gasteiger charge is 2.29. The lowest BCUT2D eigenvalue weighted by Gasteiger charge is -2.34. The zero-order chi connectivity index (χ0) is 28.2. The molecule has 210 valence electrons. The maximum Gasteiger partial charge on any atom is 0.239 e. The summed E-state index contributed by atoms with van der Waals surface area (Å²) in [7, 11) is 3.67. The molecule has 3 N–H and O–H groups in total. The predicted molar refractivity (Wildman–Crippen MR) is 160 cm³/mol. The molecule has 2 aromatic carbocycles. The minimum Gasteiger partial charge on any atom is -0.457 e. The van der Waals surface area contributed by atoms with Gasteiger partial charge in [0.2, 0.25) is 5.91 Å². The molecule has 1 fully saturated rings. The molecule has 1 atom stereocenters. The van der Waals surface area contributed by atoms with E-state index in [-0.39, 0.29) is 11.9 Å². The smallest absolute Gasteiger partial charge is 0.239 e. The summed E-state index contributed by atoms with van der Waals surface area (Å²) in [5, 5.41) is 4.56. The second kappa shape index (κ2) is 12.1. The van der Waals surface area contributed by atoms with Crippen LogP contribution < -0.4 is 15.8 Å². The first-order chi connectivity index (χ1) is 19.3. The van der Waals surface area contributed by atoms with Gasteiger partial charge in [-0.15, -0.1) is 0 Å². The first-order valence-electron chi connectivity index (χ1n) is 14.2. The van der Waals surface area contributed by atoms with Crippen LogP contribution in [0.1, 0.15) is 52.0 Å². The van der Waals surface area contributed by atoms with Crippen LogP contribution in [-0.4, -0.2) is 51.5 Å². The van der Waals surface area contributed by atoms with Crippen molar-refractivity contribution in [2.45, 2.75) is 64.1 Å². The number of fused-ring (bicyclic) bond motifs is 1. The summed E-state index contributed by atoms with van der Waals surface area (Å²) >= 11 is 0. The van der Waals surface area contributed by atoms with E-state index in [0.717, 1.165) is 65.8 Å². The van der Waals surface area contributed by atoms with Gasteiger partial charge in [0, 0.05) is 37.9 Å². The summed E-state index contributed by atoms with van der Waals surface area (Å²) in [6, 6.07) is 18.3. The molecule has 2 heterocycles. The van der Waals surface area contributed by atoms with Crippen molar-refractivity contribution in [3.8, 4) is 22.6 Å². The molecule has 2 aromatic heterocycles. The van der Waals surface area contributed by atoms with Crippen molar-refractivity contribution in [3.05, 3.63) is 67.1 Å². The third-order valence-corrected chi connectivity index (χ3v) is 7.76. The molecular formula is C32H40N6O2. The van der Waals surface area contributed by atoms with E-state index in [0.29, 0.717) is 23.8 Å². The lowest BCUT2D eigenvalue weighted by molar-refractivity contribution is -0.131. The Hall–Kier alpha value is -3.91. The third-order valence-electron chi connectivity index (χ3n) is 7.76. The molecule has 8 heteroatoms. The Labute approximate surface area is 236 Å². The highest BCUT2D eigenvalue weighted by Crippen LogP contribution is 2.39. The average Bonchev–Trinajstić information content (AvgIpc) is 3.34. The summed E-state index contributed by atoms with van der Waals surface area (Å²) in [6.07, 6.45) is 8.57. The number of para-hydroxylation sites is 1. The minimum absolute atomic E-state index is 0.142. The Balaban J connectivity index is 1.34. The maximum absolute atomic E-state index is 12.8. The molecule has 0 radical (unpaired) electrons. The Morgan fingerprint density at radius 1 is 1.02 bits per heavy atom. The molecule has 0 aliphatic heterocycles. The molecule has 5 rings (SSSR count). The van der Waals surface area contributed by atoms with E-state index in [1.807, 2.05) is 56.6 Å². The summed E-state index contributed by atoms with van der Waals surface area (Å²) < 4.78 is 8.26. The van der Waals surface area contributed by atoms with Crippen LogP contribution in [0.2, 0.25) is 0 Å². The average molecular weight is 541 g/mol. The molecule has 1 aliphatic carbocycles. The third kappa shape index (κ3) is 6.12. The van der Waals surface area contributed by atoms with Crippen molar-refractivity contribution in [1.29, 1.82) is 0 Å². The summed E-state index contributed by atoms with van der Waals surface area (Å²) in [4.78, 5) is 23.5. The second-order valence-corrected chi connectivity index (χ2v) is 11.4. The summed E-state index contributed by atoms with van der Waals surface area (Å²) in [5.74, 6) is 2.67. The number of ether oxygens (including phenoxy) is 1. The quantitative estimate of drug-likeness (QED) is 0.268. The van der Waals surface area contributed by atoms with Crippen molar-refractivity contribution >= 4 is 22.8 Å². The molecule has 1 amide bonds. The monoisotopic (exact) mass is 540 g/mol. The van der Waals surface area contributed by atoms with Crippen LogP contribution in [0.5, 0.6) is 11.5 Å². The van der Waals surface area contributed by atoms with Gasteiger partial charge in [0.1, 0.15) is 29.3 Å². The van der Waals surface area contributed by atoms with Crippen molar-refractivity contribution in [2.75, 3.05) is 19.8 Å². The fourth-order valence-corrected chi connectivity index (χ4v) is 5.76. The Morgan fingerprint density at radius 2 is 1.70 bits per heavy atom. The van der Waals surface area contributed by atoms with Gasteiger partial charge >= 0.3 is 0 Å². The van der Waals surface area contributed by atoms with Crippen molar-refractivity contribution in [1.82, 2.24) is 24.8 Å². The van der Waals surface area contributed by atoms with E-state index in [1.165, 1.54) is 0 Å². The number of hydrogen-bond acceptors (Lipinski definition) is 6. The zero-order valence-corrected chi connectivity index (χ0v) is 23.9. The minimum atomic E-state index is -0.142. The van der Waals surface area contributed by atoms with Crippen molar-refractivity contribution < 1.29 is 9.53 Å². The van der Waals surface area contributed by atoms with Crippen LogP contribution in [0.25, 0.3) is 22.2 Å². The van der Waals surface area contributed by atoms with Crippen LogP contribution in [0, 0.1) is 5.92 Å². The first kappa shape index (κ1) is 27.6. The molecule has 8 nitrogen and oxygen atoms in total. The van der Waals surface area contributed by atoms with E-state index < -0.39 is 0 Å². The van der Waals surface area contributed by atoms with Crippen LogP contribution in [0.3, 0.4) is 0 Å². The van der Waals surface area contributed by atoms with Crippen molar-refractivity contribution in [2.24, 2.45) is 5.92 Å². The number of nitrogens with one attached hydrogen (secondary N) is 1. The Morgan fingerprint density at radius 3 is 2.35 bits per heavy atom. The number of anilines is 1. The van der Waals surface area contributed by atoms with Crippen LogP contribution in [0.15, 0.2) is 67.1 Å². The number of rotatable bonds is 9. The number of likely N-dealkylation sites (N-methyl/N-ethyl adjacent to an activating group) is 1. The Kier molecular flexibility index (Phi) is 8.35.